The van der Waals surface area contributed by atoms with Gasteiger partial charge < -0.3 is 10.2 Å². The number of hydrogen-bond acceptors (Lipinski definition) is 6. The highest BCUT2D eigenvalue weighted by Gasteiger charge is 2.72. The second-order valence-electron chi connectivity index (χ2n) is 5.04. The van der Waals surface area contributed by atoms with E-state index in [1.165, 1.54) is 0 Å². The second kappa shape index (κ2) is 10.1. The molecular formula is C17H12F6N2O4. The van der Waals surface area contributed by atoms with E-state index in [1.807, 2.05) is 0 Å². The van der Waals surface area contributed by atoms with Crippen molar-refractivity contribution >= 4 is 12.2 Å². The molecule has 2 aromatic rings. The van der Waals surface area contributed by atoms with Crippen LogP contribution in [0.2, 0.25) is 0 Å². The molecule has 0 aliphatic rings. The van der Waals surface area contributed by atoms with Crippen LogP contribution in [-0.2, 0) is 15.0 Å². The Balaban J connectivity index is 0.00000116. The summed E-state index contributed by atoms with van der Waals surface area (Å²) in [5, 5.41) is 29.1. The van der Waals surface area contributed by atoms with E-state index in [0.717, 1.165) is 36.4 Å². The molecule has 156 valence electrons. The Hall–Kier alpha value is -3.62. The van der Waals surface area contributed by atoms with Crippen molar-refractivity contribution in [3.8, 4) is 11.5 Å². The second-order valence-corrected chi connectivity index (χ2v) is 5.04. The summed E-state index contributed by atoms with van der Waals surface area (Å²) >= 11 is 0. The summed E-state index contributed by atoms with van der Waals surface area (Å²) in [6, 6.07) is 5.30. The van der Waals surface area contributed by atoms with Crippen LogP contribution in [0.25, 0.3) is 0 Å². The minimum atomic E-state index is -5.70. The lowest BCUT2D eigenvalue weighted by molar-refractivity contribution is -0.288. The topological polar surface area (TPSA) is 122 Å². The van der Waals surface area contributed by atoms with Crippen LogP contribution in [-0.4, -0.2) is 34.7 Å². The molecule has 0 amide bonds. The number of hydrogen-bond donors (Lipinski definition) is 4. The van der Waals surface area contributed by atoms with Gasteiger partial charge in [-0.25, -0.2) is 20.4 Å². The third-order valence-electron chi connectivity index (χ3n) is 3.45. The molecular weight excluding hydrogens is 410 g/mol. The van der Waals surface area contributed by atoms with E-state index in [1.54, 1.807) is 0 Å². The first-order valence-electron chi connectivity index (χ1n) is 7.13. The predicted octanol–water partition coefficient (Wildman–Crippen LogP) is 4.31. The molecule has 0 saturated carbocycles. The summed E-state index contributed by atoms with van der Waals surface area (Å²) in [7, 11) is 0. The standard InChI is InChI=1S/C15H10F6O2.2CHNO/c16-14(17,18)13(15(19,20)21,9-1-5-11(22)6-2-9)10-3-7-12(23)8-4-10;2*2-1-3/h1-8,22-23H;2*2H. The van der Waals surface area contributed by atoms with Crippen LogP contribution in [0, 0.1) is 10.8 Å². The van der Waals surface area contributed by atoms with Gasteiger partial charge in [-0.15, -0.1) is 0 Å². The van der Waals surface area contributed by atoms with Crippen molar-refractivity contribution in [1.29, 1.82) is 10.8 Å². The lowest BCUT2D eigenvalue weighted by Crippen LogP contribution is -2.54. The Kier molecular flexibility index (Phi) is 8.81. The van der Waals surface area contributed by atoms with Crippen molar-refractivity contribution in [3.05, 3.63) is 59.7 Å². The van der Waals surface area contributed by atoms with Crippen LogP contribution in [0.15, 0.2) is 48.5 Å². The SMILES string of the molecule is N=C=O.N=C=O.Oc1ccc(C(c2ccc(O)cc2)(C(F)(F)F)C(F)(F)F)cc1. The Morgan fingerprint density at radius 2 is 0.828 bits per heavy atom. The van der Waals surface area contributed by atoms with E-state index < -0.39 is 40.4 Å². The number of benzene rings is 2. The summed E-state index contributed by atoms with van der Waals surface area (Å²) in [6.07, 6.45) is -9.89. The fourth-order valence-corrected chi connectivity index (χ4v) is 2.40. The largest absolute Gasteiger partial charge is 0.508 e. The number of carbonyl (C=O) groups excluding carboxylic acids is 2. The molecule has 0 fully saturated rings. The molecule has 6 nitrogen and oxygen atoms in total. The van der Waals surface area contributed by atoms with Crippen LogP contribution in [0.1, 0.15) is 11.1 Å². The van der Waals surface area contributed by atoms with Crippen molar-refractivity contribution in [3.63, 3.8) is 0 Å². The first kappa shape index (κ1) is 25.4. The average Bonchev–Trinajstić information content (AvgIpc) is 2.58. The predicted molar refractivity (Wildman–Crippen MR) is 85.9 cm³/mol. The normalized spacial score (nSPS) is 11.0. The molecule has 0 radical (unpaired) electrons. The maximum Gasteiger partial charge on any atom is 0.411 e. The van der Waals surface area contributed by atoms with Crippen LogP contribution in [0.3, 0.4) is 0 Å². The van der Waals surface area contributed by atoms with Crippen molar-refractivity contribution in [2.45, 2.75) is 17.8 Å². The Labute approximate surface area is 159 Å². The van der Waals surface area contributed by atoms with Crippen molar-refractivity contribution < 1.29 is 46.1 Å². The molecule has 4 N–H and O–H groups in total. The zero-order chi connectivity index (χ0) is 22.9. The smallest absolute Gasteiger partial charge is 0.411 e. The lowest BCUT2D eigenvalue weighted by atomic mass is 9.73. The summed E-state index contributed by atoms with van der Waals surface area (Å²) < 4.78 is 81.6. The molecule has 0 bridgehead atoms. The highest BCUT2D eigenvalue weighted by atomic mass is 19.4. The maximum atomic E-state index is 13.6. The van der Waals surface area contributed by atoms with Gasteiger partial charge in [-0.1, -0.05) is 24.3 Å². The number of phenols is 2. The molecule has 0 aliphatic carbocycles. The fraction of sp³-hybridized carbons (Fsp3) is 0.176. The van der Waals surface area contributed by atoms with Gasteiger partial charge in [0, 0.05) is 0 Å². The Morgan fingerprint density at radius 1 is 0.621 bits per heavy atom. The number of alkyl halides is 6. The molecule has 2 aromatic carbocycles. The average molecular weight is 422 g/mol. The van der Waals surface area contributed by atoms with Crippen LogP contribution in [0.4, 0.5) is 26.3 Å². The highest BCUT2D eigenvalue weighted by Crippen LogP contribution is 2.56. The Bertz CT molecular complexity index is 776. The van der Waals surface area contributed by atoms with Gasteiger partial charge in [-0.3, -0.25) is 0 Å². The van der Waals surface area contributed by atoms with Gasteiger partial charge in [0.05, 0.1) is 0 Å². The van der Waals surface area contributed by atoms with Crippen molar-refractivity contribution in [2.75, 3.05) is 0 Å². The van der Waals surface area contributed by atoms with Gasteiger partial charge in [0.25, 0.3) is 0 Å². The first-order chi connectivity index (χ1) is 13.3. The number of aromatic hydroxyl groups is 2. The minimum Gasteiger partial charge on any atom is -0.508 e. The molecule has 0 heterocycles. The number of nitrogens with one attached hydrogen (secondary N) is 2. The Morgan fingerprint density at radius 3 is 1.00 bits per heavy atom. The van der Waals surface area contributed by atoms with E-state index in [-0.39, 0.29) is 0 Å². The molecule has 0 saturated heterocycles. The third-order valence-corrected chi connectivity index (χ3v) is 3.45. The van der Waals surface area contributed by atoms with Gasteiger partial charge in [0.2, 0.25) is 17.6 Å². The van der Waals surface area contributed by atoms with Gasteiger partial charge in [-0.2, -0.15) is 26.3 Å². The summed E-state index contributed by atoms with van der Waals surface area (Å²) in [5.74, 6) is -0.921. The van der Waals surface area contributed by atoms with Gasteiger partial charge >= 0.3 is 12.4 Å². The molecule has 2 rings (SSSR count). The van der Waals surface area contributed by atoms with E-state index >= 15 is 0 Å². The zero-order valence-corrected chi connectivity index (χ0v) is 14.1. The van der Waals surface area contributed by atoms with Gasteiger partial charge in [0.15, 0.2) is 0 Å². The third kappa shape index (κ3) is 5.68. The monoisotopic (exact) mass is 422 g/mol. The van der Waals surface area contributed by atoms with Crippen LogP contribution >= 0.6 is 0 Å². The number of phenolic OH excluding ortho intramolecular Hbond substituents is 2. The molecule has 29 heavy (non-hydrogen) atoms. The molecule has 0 aromatic heterocycles. The van der Waals surface area contributed by atoms with Crippen molar-refractivity contribution in [1.82, 2.24) is 0 Å². The van der Waals surface area contributed by atoms with E-state index in [2.05, 4.69) is 0 Å². The molecule has 0 unspecified atom stereocenters. The first-order valence-corrected chi connectivity index (χ1v) is 7.13. The molecule has 0 aliphatic heterocycles. The lowest BCUT2D eigenvalue weighted by Gasteiger charge is -2.38. The van der Waals surface area contributed by atoms with E-state index in [0.29, 0.717) is 24.3 Å². The number of isocyanates is 2. The quantitative estimate of drug-likeness (QED) is 0.327. The number of halogens is 6. The maximum absolute atomic E-state index is 13.6. The van der Waals surface area contributed by atoms with Crippen LogP contribution < -0.4 is 0 Å². The van der Waals surface area contributed by atoms with Gasteiger partial charge in [0.1, 0.15) is 11.5 Å². The molecule has 0 atom stereocenters. The zero-order valence-electron chi connectivity index (χ0n) is 14.1. The highest BCUT2D eigenvalue weighted by molar-refractivity contribution is 5.46. The number of rotatable bonds is 2. The fourth-order valence-electron chi connectivity index (χ4n) is 2.40. The summed E-state index contributed by atoms with van der Waals surface area (Å²) in [6.45, 7) is 0. The minimum absolute atomic E-state index is 0.460. The van der Waals surface area contributed by atoms with Crippen LogP contribution in [0.5, 0.6) is 11.5 Å². The molecule has 12 heteroatoms. The van der Waals surface area contributed by atoms with Crippen molar-refractivity contribution in [2.24, 2.45) is 0 Å². The summed E-state index contributed by atoms with van der Waals surface area (Å²) in [4.78, 5) is 16.7. The molecule has 0 spiro atoms. The van der Waals surface area contributed by atoms with E-state index in [9.17, 15) is 26.3 Å². The summed E-state index contributed by atoms with van der Waals surface area (Å²) in [5.41, 5.74) is -6.44. The van der Waals surface area contributed by atoms with Gasteiger partial charge in [-0.05, 0) is 35.4 Å². The van der Waals surface area contributed by atoms with E-state index in [4.69, 9.17) is 30.6 Å².